The smallest absolute Gasteiger partial charge is 0.296 e. The molecule has 0 fully saturated rings. The van der Waals surface area contributed by atoms with Crippen LogP contribution < -0.4 is 10.4 Å². The Kier molecular flexibility index (Phi) is 5.93. The number of hydrogen-bond acceptors (Lipinski definition) is 4. The fourth-order valence-electron chi connectivity index (χ4n) is 3.65. The standard InChI is InChI=1S/C22H21BrFN6OP/c1-14-5-10-19(18(23)13-14)28-32(31)20-15(2)27-30(12-4-11-25)22(20)26-21(29(32)3)16-6-8-17(24)9-7-16/h5-10,13H,4,12H2,1-3H3,(H,28,31)/t32-/m0/s1. The van der Waals surface area contributed by atoms with Gasteiger partial charge in [-0.1, -0.05) is 6.07 Å². The highest BCUT2D eigenvalue weighted by Crippen LogP contribution is 2.54. The molecule has 10 heteroatoms. The molecule has 0 radical (unpaired) electrons. The van der Waals surface area contributed by atoms with Crippen molar-refractivity contribution in [3.05, 3.63) is 69.6 Å². The average molecular weight is 515 g/mol. The van der Waals surface area contributed by atoms with Gasteiger partial charge in [0.2, 0.25) is 0 Å². The summed E-state index contributed by atoms with van der Waals surface area (Å²) >= 11 is 3.55. The molecular formula is C22H21BrFN6OP. The van der Waals surface area contributed by atoms with Crippen molar-refractivity contribution in [3.8, 4) is 6.07 Å². The molecule has 2 heterocycles. The Bertz CT molecular complexity index is 1310. The summed E-state index contributed by atoms with van der Waals surface area (Å²) < 4.78 is 32.2. The Morgan fingerprint density at radius 1 is 1.22 bits per heavy atom. The number of fused-ring (bicyclic) bond motifs is 1. The number of anilines is 1. The van der Waals surface area contributed by atoms with Gasteiger partial charge in [-0.25, -0.2) is 14.1 Å². The Hall–Kier alpha value is -2.95. The van der Waals surface area contributed by atoms with Gasteiger partial charge in [0.15, 0.2) is 5.82 Å². The van der Waals surface area contributed by atoms with Gasteiger partial charge in [-0.3, -0.25) is 9.24 Å². The topological polar surface area (TPSA) is 86.3 Å². The Balaban J connectivity index is 1.91. The van der Waals surface area contributed by atoms with Crippen molar-refractivity contribution < 1.29 is 8.96 Å². The quantitative estimate of drug-likeness (QED) is 0.468. The number of rotatable bonds is 5. The predicted octanol–water partition coefficient (Wildman–Crippen LogP) is 5.27. The maximum atomic E-state index is 14.7. The number of nitrogens with one attached hydrogen (secondary N) is 1. The first-order valence-electron chi connectivity index (χ1n) is 9.93. The monoisotopic (exact) mass is 514 g/mol. The second kappa shape index (κ2) is 8.53. The Morgan fingerprint density at radius 2 is 1.94 bits per heavy atom. The van der Waals surface area contributed by atoms with E-state index in [-0.39, 0.29) is 12.2 Å². The molecule has 164 valence electrons. The first-order chi connectivity index (χ1) is 15.2. The third-order valence-corrected chi connectivity index (χ3v) is 8.61. The van der Waals surface area contributed by atoms with Gasteiger partial charge in [0.25, 0.3) is 7.44 Å². The van der Waals surface area contributed by atoms with E-state index in [0.29, 0.717) is 40.4 Å². The number of nitrogens with zero attached hydrogens (tertiary/aromatic N) is 5. The van der Waals surface area contributed by atoms with E-state index >= 15 is 0 Å². The van der Waals surface area contributed by atoms with Gasteiger partial charge in [-0.05, 0) is 71.7 Å². The third kappa shape index (κ3) is 3.85. The summed E-state index contributed by atoms with van der Waals surface area (Å²) in [5, 5.41) is 17.3. The number of hydrogen-bond donors (Lipinski definition) is 1. The van der Waals surface area contributed by atoms with Crippen LogP contribution in [0, 0.1) is 31.0 Å². The van der Waals surface area contributed by atoms with Crippen LogP contribution in [0.4, 0.5) is 15.9 Å². The van der Waals surface area contributed by atoms with Crippen molar-refractivity contribution in [1.82, 2.24) is 14.5 Å². The lowest BCUT2D eigenvalue weighted by atomic mass is 10.2. The predicted molar refractivity (Wildman–Crippen MR) is 127 cm³/mol. The minimum Gasteiger partial charge on any atom is -0.316 e. The molecule has 7 nitrogen and oxygen atoms in total. The molecule has 0 saturated heterocycles. The number of aromatic nitrogens is 2. The lowest BCUT2D eigenvalue weighted by Gasteiger charge is -2.35. The van der Waals surface area contributed by atoms with E-state index in [1.54, 1.807) is 35.5 Å². The van der Waals surface area contributed by atoms with Crippen molar-refractivity contribution >= 4 is 46.0 Å². The van der Waals surface area contributed by atoms with Gasteiger partial charge in [-0.15, -0.1) is 0 Å². The van der Waals surface area contributed by atoms with Crippen LogP contribution in [-0.2, 0) is 11.1 Å². The molecule has 3 aromatic rings. The molecule has 4 rings (SSSR count). The molecule has 1 aliphatic rings. The number of aliphatic imine (C=N–C) groups is 1. The summed E-state index contributed by atoms with van der Waals surface area (Å²) in [6.45, 7) is 4.08. The molecule has 0 amide bonds. The number of aryl methyl sites for hydroxylation is 3. The zero-order chi connectivity index (χ0) is 23.0. The van der Waals surface area contributed by atoms with E-state index < -0.39 is 7.44 Å². The van der Waals surface area contributed by atoms with Gasteiger partial charge in [-0.2, -0.15) is 10.4 Å². The second-order valence-corrected chi connectivity index (χ2v) is 10.8. The SMILES string of the molecule is Cc1ccc(N[P@@]2(=O)c3c(C)nn(CCC#N)c3N=C(c3ccc(F)cc3)N2C)c(Br)c1. The van der Waals surface area contributed by atoms with E-state index in [0.717, 1.165) is 10.0 Å². The van der Waals surface area contributed by atoms with Crippen LogP contribution >= 0.6 is 23.4 Å². The van der Waals surface area contributed by atoms with E-state index in [2.05, 4.69) is 32.2 Å². The minimum absolute atomic E-state index is 0.242. The van der Waals surface area contributed by atoms with Crippen molar-refractivity contribution in [2.24, 2.45) is 4.99 Å². The van der Waals surface area contributed by atoms with Gasteiger partial charge in [0.1, 0.15) is 17.0 Å². The van der Waals surface area contributed by atoms with Crippen LogP contribution in [-0.4, -0.2) is 27.3 Å². The summed E-state index contributed by atoms with van der Waals surface area (Å²) in [5.74, 6) is 0.497. The minimum atomic E-state index is -3.48. The molecule has 1 aromatic heterocycles. The lowest BCUT2D eigenvalue weighted by molar-refractivity contribution is 0.553. The summed E-state index contributed by atoms with van der Waals surface area (Å²) in [6, 6.07) is 13.7. The fourth-order valence-corrected chi connectivity index (χ4v) is 6.82. The molecule has 0 aliphatic carbocycles. The normalized spacial score (nSPS) is 17.5. The summed E-state index contributed by atoms with van der Waals surface area (Å²) in [7, 11) is -1.78. The molecule has 1 N–H and O–H groups in total. The zero-order valence-corrected chi connectivity index (χ0v) is 20.3. The molecular weight excluding hydrogens is 494 g/mol. The molecule has 2 aromatic carbocycles. The third-order valence-electron chi connectivity index (χ3n) is 5.25. The maximum Gasteiger partial charge on any atom is 0.296 e. The first-order valence-corrected chi connectivity index (χ1v) is 12.4. The zero-order valence-electron chi connectivity index (χ0n) is 17.8. The summed E-state index contributed by atoms with van der Waals surface area (Å²) in [4.78, 5) is 4.76. The van der Waals surface area contributed by atoms with E-state index in [9.17, 15) is 8.96 Å². The molecule has 32 heavy (non-hydrogen) atoms. The first kappa shape index (κ1) is 22.3. The molecule has 0 spiro atoms. The maximum absolute atomic E-state index is 14.7. The van der Waals surface area contributed by atoms with Crippen LogP contribution in [0.3, 0.4) is 0 Å². The van der Waals surface area contributed by atoms with Crippen LogP contribution in [0.25, 0.3) is 0 Å². The van der Waals surface area contributed by atoms with Gasteiger partial charge in [0.05, 0.1) is 30.4 Å². The number of halogens is 2. The van der Waals surface area contributed by atoms with E-state index in [4.69, 9.17) is 10.3 Å². The molecule has 0 bridgehead atoms. The Morgan fingerprint density at radius 3 is 2.59 bits per heavy atom. The van der Waals surface area contributed by atoms with Crippen molar-refractivity contribution in [3.63, 3.8) is 0 Å². The molecule has 1 atom stereocenters. The number of amidine groups is 1. The fraction of sp³-hybridized carbons (Fsp3) is 0.227. The summed E-state index contributed by atoms with van der Waals surface area (Å²) in [6.07, 6.45) is 0.242. The lowest BCUT2D eigenvalue weighted by Crippen LogP contribution is -2.36. The highest BCUT2D eigenvalue weighted by molar-refractivity contribution is 9.10. The number of benzene rings is 2. The average Bonchev–Trinajstić information content (AvgIpc) is 3.08. The highest BCUT2D eigenvalue weighted by atomic mass is 79.9. The van der Waals surface area contributed by atoms with Crippen LogP contribution in [0.1, 0.15) is 23.2 Å². The van der Waals surface area contributed by atoms with Crippen molar-refractivity contribution in [2.45, 2.75) is 26.8 Å². The van der Waals surface area contributed by atoms with Crippen LogP contribution in [0.2, 0.25) is 0 Å². The number of nitriles is 1. The Labute approximate surface area is 194 Å². The van der Waals surface area contributed by atoms with E-state index in [1.807, 2.05) is 25.1 Å². The van der Waals surface area contributed by atoms with Gasteiger partial charge in [0, 0.05) is 17.1 Å². The largest absolute Gasteiger partial charge is 0.316 e. The second-order valence-electron chi connectivity index (χ2n) is 7.53. The van der Waals surface area contributed by atoms with Crippen molar-refractivity contribution in [2.75, 3.05) is 12.1 Å². The van der Waals surface area contributed by atoms with Gasteiger partial charge >= 0.3 is 0 Å². The van der Waals surface area contributed by atoms with E-state index in [1.165, 1.54) is 12.1 Å². The summed E-state index contributed by atoms with van der Waals surface area (Å²) in [5.41, 5.74) is 2.93. The van der Waals surface area contributed by atoms with Crippen molar-refractivity contribution in [1.29, 1.82) is 5.26 Å². The molecule has 1 aliphatic heterocycles. The van der Waals surface area contributed by atoms with Crippen LogP contribution in [0.15, 0.2) is 51.9 Å². The van der Waals surface area contributed by atoms with Crippen LogP contribution in [0.5, 0.6) is 0 Å². The molecule has 0 unspecified atom stereocenters. The molecule has 0 saturated carbocycles. The highest BCUT2D eigenvalue weighted by Gasteiger charge is 2.43. The van der Waals surface area contributed by atoms with Gasteiger partial charge < -0.3 is 5.09 Å².